The summed E-state index contributed by atoms with van der Waals surface area (Å²) in [6.45, 7) is 10.2. The van der Waals surface area contributed by atoms with E-state index < -0.39 is 0 Å². The second-order valence-corrected chi connectivity index (χ2v) is 4.89. The molecule has 1 aromatic heterocycles. The second kappa shape index (κ2) is 10.6. The van der Waals surface area contributed by atoms with Crippen LogP contribution >= 0.6 is 0 Å². The van der Waals surface area contributed by atoms with E-state index in [9.17, 15) is 0 Å². The van der Waals surface area contributed by atoms with Gasteiger partial charge in [-0.2, -0.15) is 0 Å². The van der Waals surface area contributed by atoms with Crippen LogP contribution in [0.2, 0.25) is 0 Å². The minimum absolute atomic E-state index is 0.559. The van der Waals surface area contributed by atoms with Crippen LogP contribution in [0, 0.1) is 6.92 Å². The Morgan fingerprint density at radius 3 is 2.65 bits per heavy atom. The van der Waals surface area contributed by atoms with Gasteiger partial charge in [0, 0.05) is 24.9 Å². The third kappa shape index (κ3) is 6.87. The molecule has 0 bridgehead atoms. The second-order valence-electron chi connectivity index (χ2n) is 4.89. The topological polar surface area (TPSA) is 43.4 Å². The van der Waals surface area contributed by atoms with Gasteiger partial charge in [-0.25, -0.2) is 4.98 Å². The van der Waals surface area contributed by atoms with E-state index in [-0.39, 0.29) is 0 Å². The van der Waals surface area contributed by atoms with Gasteiger partial charge < -0.3 is 14.8 Å². The van der Waals surface area contributed by atoms with Crippen molar-refractivity contribution in [3.8, 4) is 5.88 Å². The summed E-state index contributed by atoms with van der Waals surface area (Å²) in [5, 5.41) is 3.38. The maximum absolute atomic E-state index is 5.59. The van der Waals surface area contributed by atoms with Crippen molar-refractivity contribution in [3.05, 3.63) is 23.4 Å². The molecule has 0 aliphatic rings. The fourth-order valence-electron chi connectivity index (χ4n) is 1.79. The Morgan fingerprint density at radius 2 is 1.95 bits per heavy atom. The number of unbranched alkanes of at least 4 members (excludes halogenated alkanes) is 1. The maximum atomic E-state index is 5.59. The van der Waals surface area contributed by atoms with E-state index in [2.05, 4.69) is 30.2 Å². The molecule has 0 fully saturated rings. The highest BCUT2D eigenvalue weighted by atomic mass is 16.5. The molecule has 0 aliphatic heterocycles. The summed E-state index contributed by atoms with van der Waals surface area (Å²) in [4.78, 5) is 4.47. The maximum Gasteiger partial charge on any atom is 0.213 e. The Kier molecular flexibility index (Phi) is 9.00. The number of nitrogens with zero attached hydrogens (tertiary/aromatic N) is 1. The summed E-state index contributed by atoms with van der Waals surface area (Å²) in [7, 11) is 0. The monoisotopic (exact) mass is 280 g/mol. The molecule has 0 aliphatic carbocycles. The van der Waals surface area contributed by atoms with E-state index in [1.807, 2.05) is 13.0 Å². The fourth-order valence-corrected chi connectivity index (χ4v) is 1.79. The van der Waals surface area contributed by atoms with E-state index >= 15 is 0 Å². The van der Waals surface area contributed by atoms with Gasteiger partial charge >= 0.3 is 0 Å². The first kappa shape index (κ1) is 16.9. The molecule has 4 nitrogen and oxygen atoms in total. The van der Waals surface area contributed by atoms with E-state index in [1.54, 1.807) is 0 Å². The van der Waals surface area contributed by atoms with Crippen LogP contribution in [0.3, 0.4) is 0 Å². The van der Waals surface area contributed by atoms with E-state index in [4.69, 9.17) is 9.47 Å². The molecule has 0 spiro atoms. The van der Waals surface area contributed by atoms with Gasteiger partial charge in [-0.15, -0.1) is 0 Å². The van der Waals surface area contributed by atoms with E-state index in [1.165, 1.54) is 5.56 Å². The average molecular weight is 280 g/mol. The number of hydrogen-bond acceptors (Lipinski definition) is 4. The molecule has 0 atom stereocenters. The van der Waals surface area contributed by atoms with Gasteiger partial charge in [0.1, 0.15) is 6.61 Å². The van der Waals surface area contributed by atoms with Gasteiger partial charge in [0.25, 0.3) is 0 Å². The van der Waals surface area contributed by atoms with Crippen molar-refractivity contribution in [2.45, 2.75) is 46.6 Å². The third-order valence-electron chi connectivity index (χ3n) is 3.03. The van der Waals surface area contributed by atoms with Crippen LogP contribution in [0.1, 0.15) is 44.4 Å². The third-order valence-corrected chi connectivity index (χ3v) is 3.03. The lowest BCUT2D eigenvalue weighted by Gasteiger charge is -2.10. The van der Waals surface area contributed by atoms with Crippen LogP contribution in [0.4, 0.5) is 0 Å². The summed E-state index contributed by atoms with van der Waals surface area (Å²) in [5.41, 5.74) is 2.25. The number of nitrogens with one attached hydrogen (secondary N) is 1. The predicted molar refractivity (Wildman–Crippen MR) is 82.2 cm³/mol. The van der Waals surface area contributed by atoms with Crippen LogP contribution in [0.5, 0.6) is 5.88 Å². The quantitative estimate of drug-likeness (QED) is 0.633. The molecule has 4 heteroatoms. The minimum Gasteiger partial charge on any atom is -0.475 e. The predicted octanol–water partition coefficient (Wildman–Crippen LogP) is 3.09. The first-order valence-electron chi connectivity index (χ1n) is 7.65. The van der Waals surface area contributed by atoms with Gasteiger partial charge in [-0.05, 0) is 31.9 Å². The van der Waals surface area contributed by atoms with Crippen molar-refractivity contribution >= 4 is 0 Å². The van der Waals surface area contributed by atoms with Gasteiger partial charge in [0.05, 0.1) is 6.61 Å². The molecule has 1 aromatic rings. The minimum atomic E-state index is 0.559. The first-order chi connectivity index (χ1) is 9.77. The van der Waals surface area contributed by atoms with Crippen LogP contribution in [0.25, 0.3) is 0 Å². The molecule has 0 saturated heterocycles. The largest absolute Gasteiger partial charge is 0.475 e. The zero-order chi connectivity index (χ0) is 14.6. The van der Waals surface area contributed by atoms with Crippen LogP contribution < -0.4 is 10.1 Å². The van der Waals surface area contributed by atoms with E-state index in [0.29, 0.717) is 19.1 Å². The molecule has 0 radical (unpaired) electrons. The summed E-state index contributed by atoms with van der Waals surface area (Å²) < 4.78 is 11.0. The highest BCUT2D eigenvalue weighted by Gasteiger charge is 2.02. The van der Waals surface area contributed by atoms with Crippen molar-refractivity contribution in [2.24, 2.45) is 0 Å². The summed E-state index contributed by atoms with van der Waals surface area (Å²) in [6, 6.07) is 4.01. The molecule has 1 rings (SSSR count). The summed E-state index contributed by atoms with van der Waals surface area (Å²) in [6.07, 6.45) is 3.41. The molecule has 114 valence electrons. The van der Waals surface area contributed by atoms with Crippen molar-refractivity contribution in [3.63, 3.8) is 0 Å². The van der Waals surface area contributed by atoms with Crippen LogP contribution in [-0.4, -0.2) is 31.3 Å². The molecular formula is C16H28N2O2. The lowest BCUT2D eigenvalue weighted by atomic mass is 10.2. The zero-order valence-corrected chi connectivity index (χ0v) is 13.1. The Hall–Kier alpha value is -1.13. The van der Waals surface area contributed by atoms with E-state index in [0.717, 1.165) is 44.7 Å². The number of hydrogen-bond donors (Lipinski definition) is 1. The van der Waals surface area contributed by atoms with Gasteiger partial charge in [-0.3, -0.25) is 0 Å². The number of aromatic nitrogens is 1. The van der Waals surface area contributed by atoms with Gasteiger partial charge in [-0.1, -0.05) is 26.3 Å². The molecule has 1 N–H and O–H groups in total. The number of pyridine rings is 1. The van der Waals surface area contributed by atoms with Crippen molar-refractivity contribution < 1.29 is 9.47 Å². The Morgan fingerprint density at radius 1 is 1.10 bits per heavy atom. The summed E-state index contributed by atoms with van der Waals surface area (Å²) >= 11 is 0. The Balaban J connectivity index is 2.28. The Bertz CT molecular complexity index is 369. The molecule has 0 amide bonds. The first-order valence-corrected chi connectivity index (χ1v) is 7.65. The normalized spacial score (nSPS) is 10.8. The SMILES string of the molecule is CCCCOCCOc1ccc(CNCCC)c(C)n1. The molecule has 0 aromatic carbocycles. The standard InChI is InChI=1S/C16H28N2O2/c1-4-6-10-19-11-12-20-16-8-7-15(14(3)18-16)13-17-9-5-2/h7-8,17H,4-6,9-13H2,1-3H3. The molecule has 0 unspecified atom stereocenters. The molecule has 0 saturated carbocycles. The van der Waals surface area contributed by atoms with Gasteiger partial charge in [0.2, 0.25) is 5.88 Å². The molecule has 20 heavy (non-hydrogen) atoms. The average Bonchev–Trinajstić information content (AvgIpc) is 2.45. The Labute approximate surface area is 122 Å². The van der Waals surface area contributed by atoms with Crippen LogP contribution in [-0.2, 0) is 11.3 Å². The van der Waals surface area contributed by atoms with Crippen molar-refractivity contribution in [1.82, 2.24) is 10.3 Å². The lowest BCUT2D eigenvalue weighted by Crippen LogP contribution is -2.15. The number of rotatable bonds is 11. The number of ether oxygens (including phenoxy) is 2. The highest BCUT2D eigenvalue weighted by molar-refractivity contribution is 5.24. The number of aryl methyl sites for hydroxylation is 1. The summed E-state index contributed by atoms with van der Waals surface area (Å²) in [5.74, 6) is 0.681. The molecule has 1 heterocycles. The fraction of sp³-hybridized carbons (Fsp3) is 0.688. The zero-order valence-electron chi connectivity index (χ0n) is 13.1. The van der Waals surface area contributed by atoms with Crippen molar-refractivity contribution in [1.29, 1.82) is 0 Å². The van der Waals surface area contributed by atoms with Crippen molar-refractivity contribution in [2.75, 3.05) is 26.4 Å². The molecular weight excluding hydrogens is 252 g/mol. The smallest absolute Gasteiger partial charge is 0.213 e. The van der Waals surface area contributed by atoms with Crippen LogP contribution in [0.15, 0.2) is 12.1 Å². The van der Waals surface area contributed by atoms with Gasteiger partial charge in [0.15, 0.2) is 0 Å². The lowest BCUT2D eigenvalue weighted by molar-refractivity contribution is 0.0964. The highest BCUT2D eigenvalue weighted by Crippen LogP contribution is 2.12.